The van der Waals surface area contributed by atoms with Crippen molar-refractivity contribution in [2.45, 2.75) is 0 Å². The van der Waals surface area contributed by atoms with Crippen molar-refractivity contribution in [3.8, 4) is 0 Å². The number of carbonyl (C=O) groups is 1. The third kappa shape index (κ3) is 2.19. The lowest BCUT2D eigenvalue weighted by Gasteiger charge is -1.97. The summed E-state index contributed by atoms with van der Waals surface area (Å²) in [4.78, 5) is 14.8. The Morgan fingerprint density at radius 2 is 2.25 bits per heavy atom. The smallest absolute Gasteiger partial charge is 0.195 e. The van der Waals surface area contributed by atoms with Crippen molar-refractivity contribution in [2.24, 2.45) is 0 Å². The molecule has 0 fully saturated rings. The molecule has 0 spiro atoms. The Balaban J connectivity index is 3.05. The van der Waals surface area contributed by atoms with Gasteiger partial charge in [-0.3, -0.25) is 4.79 Å². The largest absolute Gasteiger partial charge is 0.291 e. The molecule has 1 aromatic heterocycles. The summed E-state index contributed by atoms with van der Waals surface area (Å²) in [5, 5.41) is 0.269. The number of nitrogens with zero attached hydrogens (tertiary/aromatic N) is 1. The first-order valence-electron chi connectivity index (χ1n) is 3.06. The number of Topliss-reactive ketones (excluding diaryl/α,β-unsaturated/α-hetero) is 1. The second-order valence-electron chi connectivity index (χ2n) is 2.03. The molecule has 0 saturated heterocycles. The van der Waals surface area contributed by atoms with E-state index in [1.165, 1.54) is 0 Å². The molecule has 0 bridgehead atoms. The number of carbonyl (C=O) groups excluding carboxylic acids is 1. The molecule has 0 atom stereocenters. The van der Waals surface area contributed by atoms with E-state index in [9.17, 15) is 4.79 Å². The van der Waals surface area contributed by atoms with Crippen LogP contribution in [0.1, 0.15) is 10.5 Å². The maximum absolute atomic E-state index is 11.0. The van der Waals surface area contributed by atoms with Gasteiger partial charge in [-0.25, -0.2) is 4.98 Å². The quantitative estimate of drug-likeness (QED) is 0.469. The third-order valence-corrected chi connectivity index (χ3v) is 2.61. The highest BCUT2D eigenvalue weighted by atomic mass is 79.9. The van der Waals surface area contributed by atoms with Gasteiger partial charge in [0.25, 0.3) is 0 Å². The van der Waals surface area contributed by atoms with Crippen LogP contribution in [0.5, 0.6) is 0 Å². The second kappa shape index (κ2) is 4.21. The fourth-order valence-electron chi connectivity index (χ4n) is 0.641. The second-order valence-corrected chi connectivity index (χ2v) is 3.51. The van der Waals surface area contributed by atoms with E-state index in [1.54, 1.807) is 12.1 Å². The van der Waals surface area contributed by atoms with Crippen LogP contribution in [0.3, 0.4) is 0 Å². The van der Waals surface area contributed by atoms with Gasteiger partial charge in [-0.2, -0.15) is 0 Å². The Morgan fingerprint density at radius 3 is 2.75 bits per heavy atom. The Kier molecular flexibility index (Phi) is 3.50. The van der Waals surface area contributed by atoms with Crippen molar-refractivity contribution in [3.63, 3.8) is 0 Å². The molecule has 0 amide bonds. The molecule has 2 nitrogen and oxygen atoms in total. The van der Waals surface area contributed by atoms with E-state index in [4.69, 9.17) is 23.2 Å². The van der Waals surface area contributed by atoms with Gasteiger partial charge in [0.15, 0.2) is 5.78 Å². The van der Waals surface area contributed by atoms with E-state index in [2.05, 4.69) is 20.9 Å². The Hall–Kier alpha value is -0.120. The average molecular weight is 269 g/mol. The van der Waals surface area contributed by atoms with Crippen LogP contribution in [-0.2, 0) is 0 Å². The molecule has 0 aliphatic heterocycles. The predicted octanol–water partition coefficient (Wildman–Crippen LogP) is 2.92. The molecule has 0 N–H and O–H groups in total. The van der Waals surface area contributed by atoms with Crippen molar-refractivity contribution in [1.29, 1.82) is 0 Å². The molecule has 12 heavy (non-hydrogen) atoms. The van der Waals surface area contributed by atoms with Crippen LogP contribution in [0.15, 0.2) is 16.6 Å². The van der Waals surface area contributed by atoms with E-state index in [1.807, 2.05) is 0 Å². The fraction of sp³-hybridized carbons (Fsp3) is 0.143. The lowest BCUT2D eigenvalue weighted by atomic mass is 10.3. The summed E-state index contributed by atoms with van der Waals surface area (Å²) in [6.07, 6.45) is 0. The van der Waals surface area contributed by atoms with Crippen LogP contribution < -0.4 is 0 Å². The zero-order valence-corrected chi connectivity index (χ0v) is 8.95. The maximum Gasteiger partial charge on any atom is 0.195 e. The number of pyridine rings is 1. The van der Waals surface area contributed by atoms with Crippen molar-refractivity contribution in [1.82, 2.24) is 4.98 Å². The summed E-state index contributed by atoms with van der Waals surface area (Å²) in [6, 6.07) is 3.23. The molecular weight excluding hydrogens is 265 g/mol. The molecule has 0 aliphatic carbocycles. The summed E-state index contributed by atoms with van der Waals surface area (Å²) < 4.78 is 0.662. The van der Waals surface area contributed by atoms with Crippen LogP contribution in [0.4, 0.5) is 0 Å². The topological polar surface area (TPSA) is 30.0 Å². The summed E-state index contributed by atoms with van der Waals surface area (Å²) in [7, 11) is 0. The molecular formula is C7H4BrCl2NO. The monoisotopic (exact) mass is 267 g/mol. The summed E-state index contributed by atoms with van der Waals surface area (Å²) in [5.41, 5.74) is 0.290. The van der Waals surface area contributed by atoms with E-state index >= 15 is 0 Å². The minimum absolute atomic E-state index is 0.0784. The molecule has 64 valence electrons. The van der Waals surface area contributed by atoms with Gasteiger partial charge in [0, 0.05) is 0 Å². The molecule has 1 heterocycles. The molecule has 0 radical (unpaired) electrons. The fourth-order valence-corrected chi connectivity index (χ4v) is 1.15. The zero-order chi connectivity index (χ0) is 9.14. The Labute approximate surface area is 88.0 Å². The average Bonchev–Trinajstić information content (AvgIpc) is 2.08. The lowest BCUT2D eigenvalue weighted by molar-refractivity contribution is 0.101. The van der Waals surface area contributed by atoms with Crippen LogP contribution in [0, 0.1) is 0 Å². The third-order valence-electron chi connectivity index (χ3n) is 1.21. The van der Waals surface area contributed by atoms with Crippen LogP contribution >= 0.6 is 39.1 Å². The van der Waals surface area contributed by atoms with Crippen LogP contribution in [-0.4, -0.2) is 16.6 Å². The summed E-state index contributed by atoms with van der Waals surface area (Å²) in [5.74, 6) is -0.309. The molecule has 5 heteroatoms. The van der Waals surface area contributed by atoms with Gasteiger partial charge in [0.2, 0.25) is 0 Å². The first kappa shape index (κ1) is 9.96. The molecule has 0 aliphatic rings. The number of hydrogen-bond acceptors (Lipinski definition) is 2. The highest BCUT2D eigenvalue weighted by molar-refractivity contribution is 9.10. The van der Waals surface area contributed by atoms with E-state index in [0.29, 0.717) is 10.2 Å². The van der Waals surface area contributed by atoms with Gasteiger partial charge in [-0.05, 0) is 28.1 Å². The number of halogens is 3. The van der Waals surface area contributed by atoms with Gasteiger partial charge < -0.3 is 0 Å². The SMILES string of the molecule is O=C(CCl)c1ccc(Br)c(Cl)n1. The van der Waals surface area contributed by atoms with E-state index < -0.39 is 0 Å². The highest BCUT2D eigenvalue weighted by Crippen LogP contribution is 2.19. The van der Waals surface area contributed by atoms with Crippen molar-refractivity contribution in [2.75, 3.05) is 5.88 Å². The molecule has 1 aromatic rings. The normalized spacial score (nSPS) is 9.92. The van der Waals surface area contributed by atoms with Gasteiger partial charge in [-0.15, -0.1) is 11.6 Å². The highest BCUT2D eigenvalue weighted by Gasteiger charge is 2.07. The van der Waals surface area contributed by atoms with Crippen molar-refractivity contribution in [3.05, 3.63) is 27.5 Å². The standard InChI is InChI=1S/C7H4BrCl2NO/c8-4-1-2-5(6(12)3-9)11-7(4)10/h1-2H,3H2. The number of rotatable bonds is 2. The van der Waals surface area contributed by atoms with Gasteiger partial charge in [-0.1, -0.05) is 11.6 Å². The number of aromatic nitrogens is 1. The lowest BCUT2D eigenvalue weighted by Crippen LogP contribution is -2.03. The summed E-state index contributed by atoms with van der Waals surface area (Å²) >= 11 is 14.2. The van der Waals surface area contributed by atoms with Crippen LogP contribution in [0.25, 0.3) is 0 Å². The predicted molar refractivity (Wildman–Crippen MR) is 52.0 cm³/mol. The zero-order valence-electron chi connectivity index (χ0n) is 5.85. The first-order chi connectivity index (χ1) is 5.65. The molecule has 0 saturated carbocycles. The number of hydrogen-bond donors (Lipinski definition) is 0. The molecule has 0 aromatic carbocycles. The van der Waals surface area contributed by atoms with Crippen LogP contribution in [0.2, 0.25) is 5.15 Å². The minimum atomic E-state index is -0.230. The summed E-state index contributed by atoms with van der Waals surface area (Å²) in [6.45, 7) is 0. The van der Waals surface area contributed by atoms with Gasteiger partial charge in [0.05, 0.1) is 10.4 Å². The number of alkyl halides is 1. The van der Waals surface area contributed by atoms with Gasteiger partial charge in [0.1, 0.15) is 10.8 Å². The number of ketones is 1. The van der Waals surface area contributed by atoms with Crippen molar-refractivity contribution < 1.29 is 4.79 Å². The Bertz CT molecular complexity index is 316. The minimum Gasteiger partial charge on any atom is -0.291 e. The van der Waals surface area contributed by atoms with Crippen molar-refractivity contribution >= 4 is 44.9 Å². The Morgan fingerprint density at radius 1 is 1.58 bits per heavy atom. The molecule has 0 unspecified atom stereocenters. The first-order valence-corrected chi connectivity index (χ1v) is 4.77. The van der Waals surface area contributed by atoms with Gasteiger partial charge >= 0.3 is 0 Å². The van der Waals surface area contributed by atoms with E-state index in [0.717, 1.165) is 0 Å². The maximum atomic E-state index is 11.0. The molecule has 1 rings (SSSR count). The van der Waals surface area contributed by atoms with E-state index in [-0.39, 0.29) is 16.8 Å².